The second-order valence-electron chi connectivity index (χ2n) is 5.40. The van der Waals surface area contributed by atoms with Gasteiger partial charge in [0.05, 0.1) is 5.92 Å². The van der Waals surface area contributed by atoms with Crippen LogP contribution in [0.2, 0.25) is 0 Å². The molecular weight excluding hydrogens is 252 g/mol. The Bertz CT molecular complexity index is 400. The molecule has 0 aromatic heterocycles. The number of benzene rings is 1. The summed E-state index contributed by atoms with van der Waals surface area (Å²) in [6.07, 6.45) is 1.14. The van der Waals surface area contributed by atoms with Crippen molar-refractivity contribution in [3.8, 4) is 0 Å². The largest absolute Gasteiger partial charge is 0.461 e. The molecule has 1 fully saturated rings. The lowest BCUT2D eigenvalue weighted by Crippen LogP contribution is -2.35. The first kappa shape index (κ1) is 15.0. The van der Waals surface area contributed by atoms with Gasteiger partial charge < -0.3 is 15.0 Å². The molecule has 1 atom stereocenters. The number of esters is 1. The van der Waals surface area contributed by atoms with Crippen LogP contribution in [-0.2, 0) is 16.1 Å². The third-order valence-corrected chi connectivity index (χ3v) is 3.59. The molecule has 4 heteroatoms. The van der Waals surface area contributed by atoms with E-state index in [0.29, 0.717) is 6.61 Å². The van der Waals surface area contributed by atoms with Gasteiger partial charge in [0, 0.05) is 19.6 Å². The van der Waals surface area contributed by atoms with Crippen LogP contribution in [0.25, 0.3) is 0 Å². The van der Waals surface area contributed by atoms with E-state index < -0.39 is 0 Å². The van der Waals surface area contributed by atoms with Gasteiger partial charge in [0.15, 0.2) is 0 Å². The summed E-state index contributed by atoms with van der Waals surface area (Å²) in [6.45, 7) is 7.25. The van der Waals surface area contributed by atoms with Crippen molar-refractivity contribution in [2.75, 3.05) is 32.7 Å². The molecule has 4 nitrogen and oxygen atoms in total. The van der Waals surface area contributed by atoms with Crippen molar-refractivity contribution in [3.05, 3.63) is 35.9 Å². The molecule has 1 aliphatic rings. The Balaban J connectivity index is 1.73. The minimum absolute atomic E-state index is 0.0724. The summed E-state index contributed by atoms with van der Waals surface area (Å²) >= 11 is 0. The zero-order valence-corrected chi connectivity index (χ0v) is 12.2. The van der Waals surface area contributed by atoms with Crippen molar-refractivity contribution in [1.82, 2.24) is 10.2 Å². The zero-order valence-electron chi connectivity index (χ0n) is 12.2. The predicted octanol–water partition coefficient (Wildman–Crippen LogP) is 1.66. The van der Waals surface area contributed by atoms with E-state index in [4.69, 9.17) is 4.74 Å². The Morgan fingerprint density at radius 1 is 1.30 bits per heavy atom. The van der Waals surface area contributed by atoms with E-state index in [1.165, 1.54) is 0 Å². The van der Waals surface area contributed by atoms with E-state index in [-0.39, 0.29) is 11.9 Å². The maximum absolute atomic E-state index is 12.0. The van der Waals surface area contributed by atoms with Gasteiger partial charge >= 0.3 is 5.97 Å². The van der Waals surface area contributed by atoms with Gasteiger partial charge in [0.2, 0.25) is 0 Å². The number of carbonyl (C=O) groups excluding carboxylic acids is 1. The molecule has 0 aliphatic carbocycles. The summed E-state index contributed by atoms with van der Waals surface area (Å²) in [6, 6.07) is 9.81. The van der Waals surface area contributed by atoms with Crippen LogP contribution < -0.4 is 5.32 Å². The number of carbonyl (C=O) groups is 1. The van der Waals surface area contributed by atoms with E-state index in [2.05, 4.69) is 10.2 Å². The van der Waals surface area contributed by atoms with Crippen LogP contribution >= 0.6 is 0 Å². The van der Waals surface area contributed by atoms with Gasteiger partial charge in [-0.1, -0.05) is 37.3 Å². The molecule has 1 saturated heterocycles. The molecule has 1 aliphatic heterocycles. The van der Waals surface area contributed by atoms with E-state index in [9.17, 15) is 4.79 Å². The van der Waals surface area contributed by atoms with Crippen LogP contribution in [0.1, 0.15) is 18.9 Å². The number of nitrogens with zero attached hydrogens (tertiary/aromatic N) is 1. The van der Waals surface area contributed by atoms with E-state index in [1.54, 1.807) is 0 Å². The first-order chi connectivity index (χ1) is 9.75. The second kappa shape index (κ2) is 8.02. The highest BCUT2D eigenvalue weighted by Gasteiger charge is 2.19. The van der Waals surface area contributed by atoms with Gasteiger partial charge in [-0.25, -0.2) is 0 Å². The molecule has 0 amide bonds. The highest BCUT2D eigenvalue weighted by molar-refractivity contribution is 5.72. The predicted molar refractivity (Wildman–Crippen MR) is 79.3 cm³/mol. The van der Waals surface area contributed by atoms with Gasteiger partial charge in [-0.2, -0.15) is 0 Å². The lowest BCUT2D eigenvalue weighted by atomic mass is 10.1. The molecular formula is C16H24N2O2. The normalized spacial score (nSPS) is 18.2. The van der Waals surface area contributed by atoms with Crippen LogP contribution in [-0.4, -0.2) is 43.6 Å². The Labute approximate surface area is 121 Å². The van der Waals surface area contributed by atoms with Gasteiger partial charge in [0.25, 0.3) is 0 Å². The maximum atomic E-state index is 12.0. The highest BCUT2D eigenvalue weighted by atomic mass is 16.5. The van der Waals surface area contributed by atoms with Gasteiger partial charge in [-0.3, -0.25) is 4.79 Å². The summed E-state index contributed by atoms with van der Waals surface area (Å²) in [5.74, 6) is -0.178. The first-order valence-electron chi connectivity index (χ1n) is 7.39. The molecule has 0 saturated carbocycles. The lowest BCUT2D eigenvalue weighted by Gasteiger charge is -2.22. The lowest BCUT2D eigenvalue weighted by molar-refractivity contribution is -0.149. The fourth-order valence-electron chi connectivity index (χ4n) is 2.42. The van der Waals surface area contributed by atoms with Gasteiger partial charge in [-0.15, -0.1) is 0 Å². The molecule has 0 spiro atoms. The van der Waals surface area contributed by atoms with E-state index in [1.807, 2.05) is 37.3 Å². The van der Waals surface area contributed by atoms with Crippen molar-refractivity contribution >= 4 is 5.97 Å². The second-order valence-corrected chi connectivity index (χ2v) is 5.40. The van der Waals surface area contributed by atoms with Crippen LogP contribution in [0.15, 0.2) is 30.3 Å². The fraction of sp³-hybridized carbons (Fsp3) is 0.562. The molecule has 1 unspecified atom stereocenters. The Kier molecular flexibility index (Phi) is 6.02. The fourth-order valence-corrected chi connectivity index (χ4v) is 2.42. The smallest absolute Gasteiger partial charge is 0.310 e. The third-order valence-electron chi connectivity index (χ3n) is 3.59. The average molecular weight is 276 g/mol. The molecule has 0 bridgehead atoms. The number of ether oxygens (including phenoxy) is 1. The number of hydrogen-bond donors (Lipinski definition) is 1. The highest BCUT2D eigenvalue weighted by Crippen LogP contribution is 2.07. The Morgan fingerprint density at radius 3 is 2.90 bits per heavy atom. The van der Waals surface area contributed by atoms with Crippen LogP contribution in [0.4, 0.5) is 0 Å². The summed E-state index contributed by atoms with van der Waals surface area (Å²) in [5, 5.41) is 3.37. The van der Waals surface area contributed by atoms with Crippen molar-refractivity contribution in [2.45, 2.75) is 20.0 Å². The topological polar surface area (TPSA) is 41.6 Å². The van der Waals surface area contributed by atoms with Crippen molar-refractivity contribution in [2.24, 2.45) is 5.92 Å². The summed E-state index contributed by atoms with van der Waals surface area (Å²) in [5.41, 5.74) is 1.03. The quantitative estimate of drug-likeness (QED) is 0.831. The molecule has 1 aromatic rings. The zero-order chi connectivity index (χ0) is 14.2. The first-order valence-corrected chi connectivity index (χ1v) is 7.39. The molecule has 110 valence electrons. The van der Waals surface area contributed by atoms with E-state index >= 15 is 0 Å². The van der Waals surface area contributed by atoms with Crippen LogP contribution in [0.3, 0.4) is 0 Å². The Hall–Kier alpha value is -1.39. The standard InChI is InChI=1S/C16H24N2O2/c1-14(12-18-10-5-8-17-9-11-18)16(19)20-13-15-6-3-2-4-7-15/h2-4,6-7,14,17H,5,8-13H2,1H3. The maximum Gasteiger partial charge on any atom is 0.310 e. The van der Waals surface area contributed by atoms with Gasteiger partial charge in [0.1, 0.15) is 6.61 Å². The molecule has 0 radical (unpaired) electrons. The number of rotatable bonds is 5. The molecule has 2 rings (SSSR count). The summed E-state index contributed by atoms with van der Waals surface area (Å²) in [4.78, 5) is 14.4. The SMILES string of the molecule is CC(CN1CCCNCC1)C(=O)OCc1ccccc1. The van der Waals surface area contributed by atoms with Crippen LogP contribution in [0, 0.1) is 5.92 Å². The van der Waals surface area contributed by atoms with Crippen molar-refractivity contribution in [3.63, 3.8) is 0 Å². The molecule has 20 heavy (non-hydrogen) atoms. The minimum atomic E-state index is -0.106. The van der Waals surface area contributed by atoms with Crippen LogP contribution in [0.5, 0.6) is 0 Å². The molecule has 1 aromatic carbocycles. The van der Waals surface area contributed by atoms with Gasteiger partial charge in [-0.05, 0) is 25.1 Å². The number of hydrogen-bond acceptors (Lipinski definition) is 4. The molecule has 1 heterocycles. The third kappa shape index (κ3) is 4.94. The summed E-state index contributed by atoms with van der Waals surface area (Å²) in [7, 11) is 0. The average Bonchev–Trinajstić information content (AvgIpc) is 2.74. The summed E-state index contributed by atoms with van der Waals surface area (Å²) < 4.78 is 5.38. The monoisotopic (exact) mass is 276 g/mol. The van der Waals surface area contributed by atoms with Crippen molar-refractivity contribution in [1.29, 1.82) is 0 Å². The number of nitrogens with one attached hydrogen (secondary N) is 1. The van der Waals surface area contributed by atoms with E-state index in [0.717, 1.165) is 44.7 Å². The minimum Gasteiger partial charge on any atom is -0.461 e. The molecule has 1 N–H and O–H groups in total. The van der Waals surface area contributed by atoms with Crippen molar-refractivity contribution < 1.29 is 9.53 Å². The Morgan fingerprint density at radius 2 is 2.10 bits per heavy atom.